The molecule has 2 aromatic rings. The number of rotatable bonds is 12. The first-order valence-electron chi connectivity index (χ1n) is 17.8. The Morgan fingerprint density at radius 2 is 1.80 bits per heavy atom. The van der Waals surface area contributed by atoms with Gasteiger partial charge in [0.05, 0.1) is 24.3 Å². The minimum atomic E-state index is -3.99. The van der Waals surface area contributed by atoms with E-state index in [2.05, 4.69) is 32.8 Å². The van der Waals surface area contributed by atoms with Crippen molar-refractivity contribution in [2.75, 3.05) is 13.3 Å². The van der Waals surface area contributed by atoms with Crippen LogP contribution in [-0.2, 0) is 40.5 Å². The number of terminal acetylenes is 1. The molecular weight excluding hydrogens is 719 g/mol. The van der Waals surface area contributed by atoms with Gasteiger partial charge in [0.2, 0.25) is 27.7 Å². The topological polar surface area (TPSA) is 192 Å². The molecule has 1 aromatic heterocycles. The second-order valence-electron chi connectivity index (χ2n) is 15.8. The average Bonchev–Trinajstić information content (AvgIpc) is 3.88. The number of carbonyl (C=O) groups is 4. The zero-order valence-electron chi connectivity index (χ0n) is 31.5. The van der Waals surface area contributed by atoms with E-state index in [1.165, 1.54) is 11.0 Å². The van der Waals surface area contributed by atoms with Gasteiger partial charge in [-0.25, -0.2) is 18.2 Å². The van der Waals surface area contributed by atoms with Crippen LogP contribution in [0.15, 0.2) is 36.9 Å². The first-order chi connectivity index (χ1) is 25.3. The highest BCUT2D eigenvalue weighted by atomic mass is 32.2. The predicted octanol–water partition coefficient (Wildman–Crippen LogP) is 3.31. The van der Waals surface area contributed by atoms with Crippen molar-refractivity contribution in [2.45, 2.75) is 109 Å². The molecule has 2 fully saturated rings. The summed E-state index contributed by atoms with van der Waals surface area (Å²) in [4.78, 5) is 61.4. The summed E-state index contributed by atoms with van der Waals surface area (Å²) in [5.41, 5.74) is -1.20. The summed E-state index contributed by atoms with van der Waals surface area (Å²) in [5.74, 6) is -0.0863. The lowest BCUT2D eigenvalue weighted by atomic mass is 9.85. The van der Waals surface area contributed by atoms with E-state index in [0.717, 1.165) is 5.39 Å². The largest absolute Gasteiger partial charge is 0.472 e. The summed E-state index contributed by atoms with van der Waals surface area (Å²) in [7, 11) is -3.99. The number of sulfonamides is 1. The van der Waals surface area contributed by atoms with Crippen molar-refractivity contribution in [2.24, 2.45) is 11.3 Å². The summed E-state index contributed by atoms with van der Waals surface area (Å²) in [6.07, 6.45) is 6.45. The molecule has 16 heteroatoms. The summed E-state index contributed by atoms with van der Waals surface area (Å²) in [5, 5.41) is 6.01. The lowest BCUT2D eigenvalue weighted by Gasteiger charge is -2.36. The molecule has 15 nitrogen and oxygen atoms in total. The Morgan fingerprint density at radius 1 is 1.11 bits per heavy atom. The summed E-state index contributed by atoms with van der Waals surface area (Å²) < 4.78 is 50.7. The number of allylic oxidation sites excluding steroid dienone is 1. The van der Waals surface area contributed by atoms with Crippen LogP contribution < -0.4 is 24.8 Å². The minimum Gasteiger partial charge on any atom is -0.472 e. The summed E-state index contributed by atoms with van der Waals surface area (Å²) >= 11 is 0. The molecule has 0 bridgehead atoms. The van der Waals surface area contributed by atoms with Crippen LogP contribution in [0.5, 0.6) is 11.6 Å². The van der Waals surface area contributed by atoms with E-state index in [1.807, 2.05) is 24.3 Å². The van der Waals surface area contributed by atoms with Crippen LogP contribution in [0.25, 0.3) is 10.8 Å². The second-order valence-corrected chi connectivity index (χ2v) is 17.7. The number of aromatic nitrogens is 1. The van der Waals surface area contributed by atoms with Crippen LogP contribution in [-0.4, -0.2) is 90.5 Å². The molecule has 2 aliphatic heterocycles. The van der Waals surface area contributed by atoms with Crippen molar-refractivity contribution in [3.8, 4) is 24.0 Å². The van der Waals surface area contributed by atoms with E-state index in [-0.39, 0.29) is 38.7 Å². The molecule has 4 amide bonds. The Balaban J connectivity index is 1.49. The van der Waals surface area contributed by atoms with Crippen LogP contribution in [0.2, 0.25) is 0 Å². The third-order valence-electron chi connectivity index (χ3n) is 9.15. The van der Waals surface area contributed by atoms with Crippen LogP contribution in [0.4, 0.5) is 4.79 Å². The fraction of sp³-hybridized carbons (Fsp3) is 0.553. The van der Waals surface area contributed by atoms with Gasteiger partial charge >= 0.3 is 6.09 Å². The van der Waals surface area contributed by atoms with Crippen molar-refractivity contribution in [1.29, 1.82) is 0 Å². The van der Waals surface area contributed by atoms with Gasteiger partial charge in [-0.3, -0.25) is 19.1 Å². The van der Waals surface area contributed by atoms with Gasteiger partial charge in [-0.1, -0.05) is 45.0 Å². The number of pyridine rings is 1. The number of nitrogens with zero attached hydrogens (tertiary/aromatic N) is 2. The van der Waals surface area contributed by atoms with E-state index in [1.54, 1.807) is 41.5 Å². The third-order valence-corrected chi connectivity index (χ3v) is 11.0. The number of benzene rings is 1. The number of hydrogen-bond acceptors (Lipinski definition) is 11. The number of fused-ring (bicyclic) bond motifs is 3. The van der Waals surface area contributed by atoms with Crippen LogP contribution in [0, 0.1) is 23.7 Å². The molecule has 1 saturated heterocycles. The molecule has 1 saturated carbocycles. The van der Waals surface area contributed by atoms with Gasteiger partial charge < -0.3 is 34.5 Å². The van der Waals surface area contributed by atoms with Crippen molar-refractivity contribution >= 4 is 44.6 Å². The molecule has 3 aliphatic rings. The molecule has 3 heterocycles. The van der Waals surface area contributed by atoms with Gasteiger partial charge in [0.25, 0.3) is 5.91 Å². The van der Waals surface area contributed by atoms with Gasteiger partial charge in [0, 0.05) is 17.2 Å². The number of amides is 4. The molecule has 0 radical (unpaired) electrons. The fourth-order valence-electron chi connectivity index (χ4n) is 6.36. The third kappa shape index (κ3) is 9.43. The van der Waals surface area contributed by atoms with E-state index in [4.69, 9.17) is 25.4 Å². The maximum Gasteiger partial charge on any atom is 0.408 e. The molecule has 1 aromatic carbocycles. The first-order valence-corrected chi connectivity index (χ1v) is 19.4. The number of likely N-dealkylation sites (tertiary alicyclic amines) is 1. The highest BCUT2D eigenvalue weighted by Crippen LogP contribution is 2.38. The maximum atomic E-state index is 14.6. The maximum absolute atomic E-state index is 14.6. The Kier molecular flexibility index (Phi) is 11.8. The van der Waals surface area contributed by atoms with Crippen molar-refractivity contribution in [3.05, 3.63) is 42.6 Å². The van der Waals surface area contributed by atoms with Gasteiger partial charge in [-0.05, 0) is 51.5 Å². The smallest absolute Gasteiger partial charge is 0.408 e. The molecule has 0 spiro atoms. The molecule has 3 N–H and O–H groups in total. The van der Waals surface area contributed by atoms with E-state index >= 15 is 0 Å². The van der Waals surface area contributed by atoms with Gasteiger partial charge in [0.15, 0.2) is 12.5 Å². The molecule has 5 atom stereocenters. The van der Waals surface area contributed by atoms with Crippen molar-refractivity contribution in [1.82, 2.24) is 25.2 Å². The molecule has 1 aliphatic carbocycles. The standard InChI is InChI=1S/C38H49N5O10S/c1-9-13-22(10-2)29(33(45)42-54(48,49)24-16-17-24)40-32(44)28-18-23(19-43(28)35(46)31(37(3,4)5)41-36(47)53-38(6,7)8)52-34-26-15-12-11-14-25(26)30-27(39-34)20-50-21-51-30/h2,9,11-12,14-15,22-24,28-29,31H,1,13,16-21H2,3-8H3,(H,40,44)(H,41,47)(H,42,45)/t22?,23-,28+,29-,31-/m1/s1. The van der Waals surface area contributed by atoms with E-state index < -0.39 is 80.3 Å². The summed E-state index contributed by atoms with van der Waals surface area (Å²) in [6, 6.07) is 3.45. The quantitative estimate of drug-likeness (QED) is 0.212. The number of carbonyl (C=O) groups excluding carboxylic acids is 4. The normalized spacial score (nSPS) is 20.3. The summed E-state index contributed by atoms with van der Waals surface area (Å²) in [6.45, 7) is 14.2. The van der Waals surface area contributed by atoms with Crippen LogP contribution in [0.3, 0.4) is 0 Å². The molecule has 1 unspecified atom stereocenters. The Morgan fingerprint density at radius 3 is 2.41 bits per heavy atom. The average molecular weight is 768 g/mol. The molecular formula is C38H49N5O10S. The lowest BCUT2D eigenvalue weighted by molar-refractivity contribution is -0.142. The monoisotopic (exact) mass is 767 g/mol. The minimum absolute atomic E-state index is 0.0577. The molecule has 5 rings (SSSR count). The zero-order valence-corrected chi connectivity index (χ0v) is 32.3. The predicted molar refractivity (Wildman–Crippen MR) is 198 cm³/mol. The van der Waals surface area contributed by atoms with Gasteiger partial charge in [-0.2, -0.15) is 0 Å². The number of alkyl carbamates (subject to hydrolysis) is 1. The van der Waals surface area contributed by atoms with Gasteiger partial charge in [-0.15, -0.1) is 18.9 Å². The first kappa shape index (κ1) is 40.3. The van der Waals surface area contributed by atoms with Crippen LogP contribution in [0.1, 0.15) is 72.9 Å². The van der Waals surface area contributed by atoms with E-state index in [9.17, 15) is 27.6 Å². The highest BCUT2D eigenvalue weighted by molar-refractivity contribution is 7.90. The highest BCUT2D eigenvalue weighted by Gasteiger charge is 2.48. The number of ether oxygens (including phenoxy) is 4. The van der Waals surface area contributed by atoms with Crippen molar-refractivity contribution < 1.29 is 46.5 Å². The fourth-order valence-corrected chi connectivity index (χ4v) is 7.69. The molecule has 54 heavy (non-hydrogen) atoms. The van der Waals surface area contributed by atoms with Crippen LogP contribution >= 0.6 is 0 Å². The number of hydrogen-bond donors (Lipinski definition) is 3. The Bertz CT molecular complexity index is 1940. The lowest BCUT2D eigenvalue weighted by Crippen LogP contribution is -2.60. The zero-order chi connectivity index (χ0) is 39.6. The number of nitrogens with one attached hydrogen (secondary N) is 3. The SMILES string of the molecule is C#CC(CC=C)[C@@H](NC(=O)[C@@H]1C[C@@H](Oc2nc3c(c4ccccc24)OCOC3)CN1C(=O)[C@@H](NC(=O)OC(C)(C)C)C(C)(C)C)C(=O)NS(=O)(=O)C1CC1. The van der Waals surface area contributed by atoms with E-state index in [0.29, 0.717) is 29.7 Å². The molecule has 292 valence electrons. The Hall–Kier alpha value is -4.88. The second kappa shape index (κ2) is 15.8. The van der Waals surface area contributed by atoms with Gasteiger partial charge in [0.1, 0.15) is 35.5 Å². The van der Waals surface area contributed by atoms with Crippen molar-refractivity contribution in [3.63, 3.8) is 0 Å². The Labute approximate surface area is 315 Å².